The van der Waals surface area contributed by atoms with E-state index in [1.807, 2.05) is 5.92 Å². The van der Waals surface area contributed by atoms with Crippen LogP contribution in [0.15, 0.2) is 11.0 Å². The normalized spacial score (nSPS) is 30.0. The molecule has 1 fully saturated rings. The van der Waals surface area contributed by atoms with Crippen LogP contribution in [0.5, 0.6) is 0 Å². The highest BCUT2D eigenvalue weighted by Gasteiger charge is 2.59. The Kier molecular flexibility index (Phi) is 8.30. The number of aromatic nitrogens is 3. The molecule has 33 heavy (non-hydrogen) atoms. The van der Waals surface area contributed by atoms with Gasteiger partial charge in [0, 0.05) is 5.38 Å². The fourth-order valence-corrected chi connectivity index (χ4v) is 5.99. The van der Waals surface area contributed by atoms with E-state index in [0.717, 1.165) is 13.1 Å². The average molecular weight is 557 g/mol. The van der Waals surface area contributed by atoms with E-state index in [0.29, 0.717) is 4.68 Å². The quantitative estimate of drug-likeness (QED) is 0.136. The van der Waals surface area contributed by atoms with Gasteiger partial charge in [-0.3, -0.25) is 4.52 Å². The Morgan fingerprint density at radius 2 is 1.88 bits per heavy atom. The molecule has 18 nitrogen and oxygen atoms in total. The highest BCUT2D eigenvalue weighted by molar-refractivity contribution is 7.66. The number of rotatable bonds is 8. The van der Waals surface area contributed by atoms with Gasteiger partial charge in [-0.1, -0.05) is 0 Å². The van der Waals surface area contributed by atoms with Crippen molar-refractivity contribution in [3.05, 3.63) is 16.7 Å². The molecule has 0 aliphatic carbocycles. The van der Waals surface area contributed by atoms with E-state index in [1.165, 1.54) is 0 Å². The Morgan fingerprint density at radius 1 is 1.27 bits per heavy atom. The first kappa shape index (κ1) is 28.0. The zero-order valence-corrected chi connectivity index (χ0v) is 19.4. The van der Waals surface area contributed by atoms with Gasteiger partial charge in [0.1, 0.15) is 18.0 Å². The number of nitrogens with zero attached hydrogens (tertiary/aromatic N) is 3. The molecule has 1 aliphatic rings. The minimum Gasteiger partial charge on any atom is -0.386 e. The fraction of sp³-hybridized carbons (Fsp3) is 0.545. The first-order valence-electron chi connectivity index (χ1n) is 8.13. The van der Waals surface area contributed by atoms with Crippen molar-refractivity contribution in [3.63, 3.8) is 0 Å². The monoisotopic (exact) mass is 556 g/mol. The van der Waals surface area contributed by atoms with Gasteiger partial charge < -0.3 is 40.3 Å². The molecule has 8 N–H and O–H groups in total. The first-order valence-corrected chi connectivity index (χ1v) is 13.0. The molecular formula is C11H16ClN4O14P3. The lowest BCUT2D eigenvalue weighted by atomic mass is 9.93. The lowest BCUT2D eigenvalue weighted by Crippen LogP contribution is -2.49. The van der Waals surface area contributed by atoms with Crippen molar-refractivity contribution >= 4 is 40.9 Å². The molecular weight excluding hydrogens is 541 g/mol. The number of anilines is 1. The van der Waals surface area contributed by atoms with Crippen molar-refractivity contribution in [3.8, 4) is 11.3 Å². The Bertz CT molecular complexity index is 1160. The van der Waals surface area contributed by atoms with Crippen molar-refractivity contribution < 1.29 is 61.4 Å². The van der Waals surface area contributed by atoms with Crippen LogP contribution in [0.25, 0.3) is 0 Å². The number of aliphatic hydroxyl groups excluding tert-OH is 1. The van der Waals surface area contributed by atoms with Crippen molar-refractivity contribution in [2.24, 2.45) is 0 Å². The second kappa shape index (κ2) is 9.78. The topological polar surface area (TPSA) is 283 Å². The van der Waals surface area contributed by atoms with E-state index in [-0.39, 0.29) is 5.82 Å². The van der Waals surface area contributed by atoms with E-state index in [1.54, 1.807) is 5.38 Å². The molecule has 1 aliphatic heterocycles. The van der Waals surface area contributed by atoms with E-state index in [2.05, 4.69) is 23.2 Å². The van der Waals surface area contributed by atoms with Crippen LogP contribution in [0, 0.1) is 11.3 Å². The predicted molar refractivity (Wildman–Crippen MR) is 104 cm³/mol. The van der Waals surface area contributed by atoms with Crippen molar-refractivity contribution in [2.75, 3.05) is 5.73 Å². The third-order valence-corrected chi connectivity index (χ3v) is 7.83. The zero-order chi connectivity index (χ0) is 25.4. The van der Waals surface area contributed by atoms with Gasteiger partial charge in [0.05, 0.1) is 12.3 Å². The van der Waals surface area contributed by atoms with Crippen LogP contribution in [0.1, 0.15) is 13.2 Å². The summed E-state index contributed by atoms with van der Waals surface area (Å²) >= 11 is 5.31. The highest BCUT2D eigenvalue weighted by atomic mass is 35.5. The van der Waals surface area contributed by atoms with Gasteiger partial charge >= 0.3 is 29.2 Å². The number of nitrogens with two attached hydrogens (primary N) is 1. The number of phosphoric acid groups is 3. The van der Waals surface area contributed by atoms with Gasteiger partial charge in [-0.15, -0.1) is 0 Å². The SMILES string of the molecule is C[C@H](OP(=O)(O)OP(=O)(O)OP(=O)(O)O)[C@H]1O[C@@H](n2ncc(N)nc2=O)C(O)(C#CCl)C1O. The summed E-state index contributed by atoms with van der Waals surface area (Å²) < 4.78 is 51.6. The smallest absolute Gasteiger partial charge is 0.386 e. The number of phosphoric ester groups is 1. The van der Waals surface area contributed by atoms with Crippen LogP contribution in [0.2, 0.25) is 0 Å². The molecule has 186 valence electrons. The zero-order valence-electron chi connectivity index (χ0n) is 16.0. The minimum atomic E-state index is -5.82. The highest BCUT2D eigenvalue weighted by Crippen LogP contribution is 2.66. The molecule has 2 heterocycles. The summed E-state index contributed by atoms with van der Waals surface area (Å²) in [6.07, 6.45) is -6.70. The van der Waals surface area contributed by atoms with Crippen LogP contribution in [-0.2, 0) is 31.6 Å². The number of ether oxygens (including phenoxy) is 1. The summed E-state index contributed by atoms with van der Waals surface area (Å²) in [6, 6.07) is 0. The second-order valence-electron chi connectivity index (χ2n) is 6.25. The van der Waals surface area contributed by atoms with Crippen molar-refractivity contribution in [1.82, 2.24) is 14.8 Å². The van der Waals surface area contributed by atoms with Crippen LogP contribution >= 0.6 is 35.1 Å². The summed E-state index contributed by atoms with van der Waals surface area (Å²) in [7, 11) is -17.1. The third kappa shape index (κ3) is 6.89. The number of nitrogen functional groups attached to an aromatic ring is 1. The van der Waals surface area contributed by atoms with Gasteiger partial charge in [0.25, 0.3) is 0 Å². The fourth-order valence-electron chi connectivity index (χ4n) is 2.64. The van der Waals surface area contributed by atoms with E-state index in [9.17, 15) is 38.5 Å². The number of halogens is 1. The number of aliphatic hydroxyl groups is 2. The third-order valence-electron chi connectivity index (χ3n) is 3.81. The molecule has 0 amide bonds. The lowest BCUT2D eigenvalue weighted by Gasteiger charge is -2.26. The lowest BCUT2D eigenvalue weighted by molar-refractivity contribution is -0.0931. The summed E-state index contributed by atoms with van der Waals surface area (Å²) in [5, 5.41) is 26.7. The maximum Gasteiger partial charge on any atom is 0.490 e. The standard InChI is InChI=1S/C11H16ClN4O14P3/c1-5(28-32(23,24)30-33(25,26)29-31(20,21)22)7-8(17)11(19,2-3-12)9(27-7)16-10(18)15-6(13)4-14-16/h4-5,7-9,17,19H,1H3,(H,23,24)(H,25,26)(H2,13,15,18)(H2,20,21,22)/t5-,7+,8?,9+,11?/m0/s1. The number of hydrogen-bond donors (Lipinski definition) is 7. The average Bonchev–Trinajstić information content (AvgIpc) is 2.83. The Morgan fingerprint density at radius 3 is 2.39 bits per heavy atom. The Hall–Kier alpha value is -1.25. The molecule has 0 aromatic carbocycles. The van der Waals surface area contributed by atoms with Crippen LogP contribution in [-0.4, -0.2) is 68.5 Å². The molecule has 1 aromatic rings. The number of hydrogen-bond acceptors (Lipinski definition) is 13. The largest absolute Gasteiger partial charge is 0.490 e. The molecule has 0 bridgehead atoms. The Labute approximate surface area is 188 Å². The maximum atomic E-state index is 12.1. The van der Waals surface area contributed by atoms with Gasteiger partial charge in [-0.05, 0) is 24.4 Å². The molecule has 0 saturated carbocycles. The van der Waals surface area contributed by atoms with Crippen molar-refractivity contribution in [1.29, 1.82) is 0 Å². The van der Waals surface area contributed by atoms with Gasteiger partial charge in [0.2, 0.25) is 5.60 Å². The van der Waals surface area contributed by atoms with Gasteiger partial charge in [-0.25, -0.2) is 18.5 Å². The molecule has 22 heteroatoms. The van der Waals surface area contributed by atoms with Crippen LogP contribution in [0.4, 0.5) is 5.82 Å². The van der Waals surface area contributed by atoms with Crippen LogP contribution < -0.4 is 11.4 Å². The molecule has 0 radical (unpaired) electrons. The predicted octanol–water partition coefficient (Wildman–Crippen LogP) is -1.86. The molecule has 4 unspecified atom stereocenters. The molecule has 1 aromatic heterocycles. The van der Waals surface area contributed by atoms with E-state index < -0.39 is 59.3 Å². The maximum absolute atomic E-state index is 12.1. The van der Waals surface area contributed by atoms with E-state index in [4.69, 9.17) is 31.9 Å². The van der Waals surface area contributed by atoms with E-state index >= 15 is 0 Å². The summed E-state index contributed by atoms with van der Waals surface area (Å²) in [5.41, 5.74) is 1.52. The minimum absolute atomic E-state index is 0.292. The Balaban J connectivity index is 2.31. The second-order valence-corrected chi connectivity index (χ2v) is 10.8. The van der Waals surface area contributed by atoms with Crippen molar-refractivity contribution in [2.45, 2.75) is 37.1 Å². The summed E-state index contributed by atoms with van der Waals surface area (Å²) in [4.78, 5) is 51.4. The summed E-state index contributed by atoms with van der Waals surface area (Å²) in [6.45, 7) is 0.959. The van der Waals surface area contributed by atoms with Gasteiger partial charge in [-0.2, -0.15) is 23.4 Å². The molecule has 7 atom stereocenters. The molecule has 0 spiro atoms. The molecule has 2 rings (SSSR count). The van der Waals surface area contributed by atoms with Crippen LogP contribution in [0.3, 0.4) is 0 Å². The van der Waals surface area contributed by atoms with Gasteiger partial charge in [0.15, 0.2) is 6.23 Å². The first-order chi connectivity index (χ1) is 14.9. The molecule has 1 saturated heterocycles. The summed E-state index contributed by atoms with van der Waals surface area (Å²) in [5.74, 6) is 1.71.